The molecule has 6 nitrogen and oxygen atoms in total. The summed E-state index contributed by atoms with van der Waals surface area (Å²) in [6.45, 7) is 1.78. The van der Waals surface area contributed by atoms with Crippen LogP contribution in [0.25, 0.3) is 10.8 Å². The number of benzene rings is 3. The first-order valence-electron chi connectivity index (χ1n) is 9.41. The Balaban J connectivity index is 1.64. The number of amides is 1. The van der Waals surface area contributed by atoms with Crippen molar-refractivity contribution in [2.75, 3.05) is 23.7 Å². The van der Waals surface area contributed by atoms with Crippen LogP contribution in [0.15, 0.2) is 66.7 Å². The van der Waals surface area contributed by atoms with Crippen molar-refractivity contribution in [3.05, 3.63) is 72.5 Å². The lowest BCUT2D eigenvalue weighted by atomic mass is 10.1. The summed E-state index contributed by atoms with van der Waals surface area (Å²) < 4.78 is 45.2. The Kier molecular flexibility index (Phi) is 6.56. The number of halogens is 1. The average molecular weight is 431 g/mol. The number of carbonyl (C=O) groups excluding carboxylic acids is 1. The molecule has 0 saturated carbocycles. The van der Waals surface area contributed by atoms with Gasteiger partial charge in [-0.15, -0.1) is 0 Å². The Hall–Kier alpha value is -3.13. The van der Waals surface area contributed by atoms with Crippen LogP contribution in [0.4, 0.5) is 10.1 Å². The fraction of sp³-hybridized carbons (Fsp3) is 0.227. The molecule has 3 aromatic rings. The third-order valence-corrected chi connectivity index (χ3v) is 5.81. The first-order chi connectivity index (χ1) is 14.3. The molecule has 0 aromatic heterocycles. The lowest BCUT2D eigenvalue weighted by molar-refractivity contribution is -0.121. The number of fused-ring (bicyclic) bond motifs is 1. The zero-order valence-corrected chi connectivity index (χ0v) is 17.5. The molecule has 0 spiro atoms. The Morgan fingerprint density at radius 3 is 2.47 bits per heavy atom. The molecule has 0 unspecified atom stereocenters. The molecule has 1 amide bonds. The fourth-order valence-corrected chi connectivity index (χ4v) is 4.39. The lowest BCUT2D eigenvalue weighted by Gasteiger charge is -2.28. The van der Waals surface area contributed by atoms with Crippen molar-refractivity contribution in [2.24, 2.45) is 0 Å². The molecule has 30 heavy (non-hydrogen) atoms. The number of nitrogens with zero attached hydrogens (tertiary/aromatic N) is 1. The average Bonchev–Trinajstić information content (AvgIpc) is 2.71. The second-order valence-electron chi connectivity index (χ2n) is 6.80. The minimum Gasteiger partial charge on any atom is -0.491 e. The van der Waals surface area contributed by atoms with Gasteiger partial charge in [-0.05, 0) is 30.5 Å². The largest absolute Gasteiger partial charge is 0.491 e. The van der Waals surface area contributed by atoms with Crippen molar-refractivity contribution < 1.29 is 22.3 Å². The maximum absolute atomic E-state index is 14.2. The molecule has 158 valence electrons. The quantitative estimate of drug-likeness (QED) is 0.556. The summed E-state index contributed by atoms with van der Waals surface area (Å²) in [5, 5.41) is 4.65. The van der Waals surface area contributed by atoms with Crippen LogP contribution in [0.5, 0.6) is 5.75 Å². The summed E-state index contributed by atoms with van der Waals surface area (Å²) in [6.07, 6.45) is 0.937. The number of sulfonamides is 1. The first-order valence-corrected chi connectivity index (χ1v) is 11.3. The highest BCUT2D eigenvalue weighted by molar-refractivity contribution is 7.92. The van der Waals surface area contributed by atoms with E-state index in [-0.39, 0.29) is 18.8 Å². The zero-order valence-electron chi connectivity index (χ0n) is 16.7. The van der Waals surface area contributed by atoms with Crippen LogP contribution in [0.2, 0.25) is 0 Å². The fourth-order valence-electron chi connectivity index (χ4n) is 3.22. The highest BCUT2D eigenvalue weighted by atomic mass is 32.2. The number of ether oxygens (including phenoxy) is 1. The number of hydrogen-bond acceptors (Lipinski definition) is 4. The van der Waals surface area contributed by atoms with Gasteiger partial charge in [0.2, 0.25) is 15.9 Å². The Bertz CT molecular complexity index is 1150. The van der Waals surface area contributed by atoms with Crippen LogP contribution in [0, 0.1) is 5.82 Å². The molecule has 1 atom stereocenters. The van der Waals surface area contributed by atoms with Gasteiger partial charge in [0.25, 0.3) is 0 Å². The van der Waals surface area contributed by atoms with Gasteiger partial charge >= 0.3 is 0 Å². The molecular weight excluding hydrogens is 407 g/mol. The van der Waals surface area contributed by atoms with E-state index in [0.717, 1.165) is 27.4 Å². The van der Waals surface area contributed by atoms with E-state index in [2.05, 4.69) is 5.32 Å². The van der Waals surface area contributed by atoms with E-state index < -0.39 is 27.8 Å². The van der Waals surface area contributed by atoms with Crippen molar-refractivity contribution in [1.29, 1.82) is 0 Å². The number of para-hydroxylation sites is 1. The third-order valence-electron chi connectivity index (χ3n) is 4.59. The smallest absolute Gasteiger partial charge is 0.243 e. The standard InChI is InChI=1S/C22H23FN2O4S/c1-16(25(30(2,27)28)20-12-6-5-11-19(20)23)22(26)24-14-15-29-21-13-7-9-17-8-3-4-10-18(17)21/h3-13,16H,14-15H2,1-2H3,(H,24,26)/t16-/m1/s1. The van der Waals surface area contributed by atoms with Crippen molar-refractivity contribution in [1.82, 2.24) is 5.32 Å². The van der Waals surface area contributed by atoms with E-state index in [1.807, 2.05) is 42.5 Å². The molecule has 0 fully saturated rings. The van der Waals surface area contributed by atoms with Gasteiger partial charge in [-0.2, -0.15) is 0 Å². The van der Waals surface area contributed by atoms with Gasteiger partial charge in [-0.25, -0.2) is 12.8 Å². The molecule has 1 N–H and O–H groups in total. The minimum atomic E-state index is -3.88. The maximum atomic E-state index is 14.2. The second-order valence-corrected chi connectivity index (χ2v) is 8.66. The lowest BCUT2D eigenvalue weighted by Crippen LogP contribution is -2.48. The van der Waals surface area contributed by atoms with Crippen LogP contribution >= 0.6 is 0 Å². The van der Waals surface area contributed by atoms with Gasteiger partial charge < -0.3 is 10.1 Å². The van der Waals surface area contributed by atoms with Crippen LogP contribution in [-0.4, -0.2) is 39.8 Å². The van der Waals surface area contributed by atoms with E-state index in [1.54, 1.807) is 0 Å². The molecule has 8 heteroatoms. The van der Waals surface area contributed by atoms with Gasteiger partial charge in [0, 0.05) is 5.39 Å². The summed E-state index contributed by atoms with van der Waals surface area (Å²) in [4.78, 5) is 12.5. The summed E-state index contributed by atoms with van der Waals surface area (Å²) in [5.41, 5.74) is -0.172. The summed E-state index contributed by atoms with van der Waals surface area (Å²) in [7, 11) is -3.88. The van der Waals surface area contributed by atoms with Crippen LogP contribution in [0.1, 0.15) is 6.92 Å². The highest BCUT2D eigenvalue weighted by Gasteiger charge is 2.30. The Labute approximate surface area is 175 Å². The second kappa shape index (κ2) is 9.13. The van der Waals surface area contributed by atoms with Crippen molar-refractivity contribution >= 4 is 32.4 Å². The highest BCUT2D eigenvalue weighted by Crippen LogP contribution is 2.25. The number of carbonyl (C=O) groups is 1. The Morgan fingerprint density at radius 1 is 1.07 bits per heavy atom. The van der Waals surface area contributed by atoms with Gasteiger partial charge in [0.05, 0.1) is 18.5 Å². The number of hydrogen-bond donors (Lipinski definition) is 1. The maximum Gasteiger partial charge on any atom is 0.243 e. The first kappa shape index (κ1) is 21.6. The third kappa shape index (κ3) is 4.88. The molecule has 0 bridgehead atoms. The molecule has 3 rings (SSSR count). The van der Waals surface area contributed by atoms with Crippen molar-refractivity contribution in [3.63, 3.8) is 0 Å². The predicted octanol–water partition coefficient (Wildman–Crippen LogP) is 3.33. The number of nitrogens with one attached hydrogen (secondary N) is 1. The zero-order chi connectivity index (χ0) is 21.7. The molecular formula is C22H23FN2O4S. The van der Waals surface area contributed by atoms with E-state index in [1.165, 1.54) is 25.1 Å². The number of anilines is 1. The molecule has 3 aromatic carbocycles. The number of rotatable bonds is 8. The van der Waals surface area contributed by atoms with E-state index in [0.29, 0.717) is 5.75 Å². The van der Waals surface area contributed by atoms with E-state index in [9.17, 15) is 17.6 Å². The molecule has 0 aliphatic heterocycles. The summed E-state index contributed by atoms with van der Waals surface area (Å²) in [5.74, 6) is -0.577. The van der Waals surface area contributed by atoms with Crippen LogP contribution < -0.4 is 14.4 Å². The van der Waals surface area contributed by atoms with Crippen molar-refractivity contribution in [3.8, 4) is 5.75 Å². The predicted molar refractivity (Wildman–Crippen MR) is 116 cm³/mol. The van der Waals surface area contributed by atoms with Gasteiger partial charge in [0.15, 0.2) is 0 Å². The van der Waals surface area contributed by atoms with Gasteiger partial charge in [-0.3, -0.25) is 9.10 Å². The minimum absolute atomic E-state index is 0.168. The van der Waals surface area contributed by atoms with Crippen LogP contribution in [-0.2, 0) is 14.8 Å². The molecule has 0 aliphatic rings. The monoisotopic (exact) mass is 430 g/mol. The molecule has 0 heterocycles. The topological polar surface area (TPSA) is 75.7 Å². The van der Waals surface area contributed by atoms with E-state index >= 15 is 0 Å². The normalized spacial score (nSPS) is 12.4. The van der Waals surface area contributed by atoms with E-state index in [4.69, 9.17) is 4.74 Å². The van der Waals surface area contributed by atoms with Crippen molar-refractivity contribution in [2.45, 2.75) is 13.0 Å². The molecule has 0 aliphatic carbocycles. The summed E-state index contributed by atoms with van der Waals surface area (Å²) in [6, 6.07) is 17.8. The van der Waals surface area contributed by atoms with Gasteiger partial charge in [-0.1, -0.05) is 48.5 Å². The van der Waals surface area contributed by atoms with Crippen LogP contribution in [0.3, 0.4) is 0 Å². The Morgan fingerprint density at radius 2 is 1.73 bits per heavy atom. The summed E-state index contributed by atoms with van der Waals surface area (Å²) >= 11 is 0. The molecule has 0 saturated heterocycles. The molecule has 0 radical (unpaired) electrons. The SMILES string of the molecule is C[C@H](C(=O)NCCOc1cccc2ccccc12)N(c1ccccc1F)S(C)(=O)=O. The van der Waals surface area contributed by atoms with Gasteiger partial charge in [0.1, 0.15) is 24.2 Å².